The van der Waals surface area contributed by atoms with Crippen molar-refractivity contribution in [3.63, 3.8) is 0 Å². The van der Waals surface area contributed by atoms with E-state index in [4.69, 9.17) is 9.15 Å². The van der Waals surface area contributed by atoms with E-state index in [-0.39, 0.29) is 23.9 Å². The molecule has 138 valence electrons. The molecule has 2 heterocycles. The molecule has 0 unspecified atom stereocenters. The van der Waals surface area contributed by atoms with Gasteiger partial charge >= 0.3 is 5.97 Å². The number of rotatable bonds is 3. The Morgan fingerprint density at radius 3 is 2.70 bits per heavy atom. The van der Waals surface area contributed by atoms with Gasteiger partial charge in [0.05, 0.1) is 0 Å². The molecule has 1 amide bonds. The molecule has 0 spiro atoms. The number of hydrogen-bond donors (Lipinski definition) is 0. The van der Waals surface area contributed by atoms with Crippen LogP contribution in [-0.2, 0) is 22.5 Å². The summed E-state index contributed by atoms with van der Waals surface area (Å²) >= 11 is 0. The summed E-state index contributed by atoms with van der Waals surface area (Å²) in [7, 11) is 0. The Bertz CT molecular complexity index is 1040. The van der Waals surface area contributed by atoms with E-state index in [9.17, 15) is 14.0 Å². The van der Waals surface area contributed by atoms with Crippen molar-refractivity contribution in [3.05, 3.63) is 70.7 Å². The number of fused-ring (bicyclic) bond motifs is 2. The molecule has 0 bridgehead atoms. The lowest BCUT2D eigenvalue weighted by molar-refractivity contribution is -0.135. The Hall–Kier alpha value is -3.15. The van der Waals surface area contributed by atoms with Crippen LogP contribution in [0, 0.1) is 12.7 Å². The molecule has 2 aromatic carbocycles. The number of halogens is 1. The molecule has 5 nitrogen and oxygen atoms in total. The number of carbonyl (C=O) groups excluding carboxylic acids is 2. The van der Waals surface area contributed by atoms with Gasteiger partial charge in [-0.2, -0.15) is 0 Å². The fourth-order valence-corrected chi connectivity index (χ4v) is 3.40. The lowest BCUT2D eigenvalue weighted by atomic mass is 10.00. The summed E-state index contributed by atoms with van der Waals surface area (Å²) in [5.74, 6) is -1.66. The number of ether oxygens (including phenoxy) is 1. The highest BCUT2D eigenvalue weighted by molar-refractivity contribution is 5.96. The van der Waals surface area contributed by atoms with Crippen LogP contribution in [0.2, 0.25) is 0 Å². The van der Waals surface area contributed by atoms with Crippen molar-refractivity contribution >= 4 is 22.8 Å². The molecule has 6 heteroatoms. The van der Waals surface area contributed by atoms with E-state index in [0.29, 0.717) is 24.0 Å². The maximum absolute atomic E-state index is 13.8. The highest BCUT2D eigenvalue weighted by Crippen LogP contribution is 2.27. The molecule has 27 heavy (non-hydrogen) atoms. The summed E-state index contributed by atoms with van der Waals surface area (Å²) in [4.78, 5) is 26.4. The maximum atomic E-state index is 13.8. The molecule has 1 aliphatic rings. The Kier molecular flexibility index (Phi) is 4.39. The third kappa shape index (κ3) is 3.18. The molecule has 1 aromatic heterocycles. The van der Waals surface area contributed by atoms with E-state index < -0.39 is 11.8 Å². The first-order chi connectivity index (χ1) is 13.0. The molecule has 4 rings (SSSR count). The highest BCUT2D eigenvalue weighted by atomic mass is 19.1. The van der Waals surface area contributed by atoms with Crippen molar-refractivity contribution in [2.45, 2.75) is 19.9 Å². The molecule has 3 aromatic rings. The van der Waals surface area contributed by atoms with Crippen LogP contribution < -0.4 is 0 Å². The average Bonchev–Trinajstić information content (AvgIpc) is 3.03. The van der Waals surface area contributed by atoms with Crippen molar-refractivity contribution < 1.29 is 23.1 Å². The lowest BCUT2D eigenvalue weighted by Crippen LogP contribution is -2.38. The predicted octanol–water partition coefficient (Wildman–Crippen LogP) is 3.62. The zero-order valence-electron chi connectivity index (χ0n) is 14.8. The second-order valence-corrected chi connectivity index (χ2v) is 6.58. The second kappa shape index (κ2) is 6.87. The third-order valence-electron chi connectivity index (χ3n) is 4.91. The molecule has 0 N–H and O–H groups in total. The van der Waals surface area contributed by atoms with Crippen molar-refractivity contribution in [3.8, 4) is 0 Å². The number of esters is 1. The van der Waals surface area contributed by atoms with Crippen LogP contribution in [0.15, 0.2) is 46.9 Å². The van der Waals surface area contributed by atoms with Crippen LogP contribution in [0.3, 0.4) is 0 Å². The molecular weight excluding hydrogens is 349 g/mol. The first kappa shape index (κ1) is 17.3. The Morgan fingerprint density at radius 2 is 1.93 bits per heavy atom. The van der Waals surface area contributed by atoms with Crippen molar-refractivity contribution in [2.24, 2.45) is 0 Å². The van der Waals surface area contributed by atoms with Crippen LogP contribution in [0.5, 0.6) is 0 Å². The molecule has 0 fully saturated rings. The van der Waals surface area contributed by atoms with Crippen molar-refractivity contribution in [1.29, 1.82) is 0 Å². The SMILES string of the molecule is Cc1c(C(=O)OCC(=O)N2CCc3ccccc3C2)oc2c(F)cccc12. The Balaban J connectivity index is 1.43. The van der Waals surface area contributed by atoms with Gasteiger partial charge in [-0.05, 0) is 30.5 Å². The molecule has 1 aliphatic heterocycles. The van der Waals surface area contributed by atoms with Crippen LogP contribution in [0.4, 0.5) is 4.39 Å². The van der Waals surface area contributed by atoms with E-state index in [0.717, 1.165) is 12.0 Å². The van der Waals surface area contributed by atoms with Crippen molar-refractivity contribution in [2.75, 3.05) is 13.2 Å². The summed E-state index contributed by atoms with van der Waals surface area (Å²) < 4.78 is 24.3. The first-order valence-corrected chi connectivity index (χ1v) is 8.74. The summed E-state index contributed by atoms with van der Waals surface area (Å²) in [5, 5.41) is 0.515. The zero-order chi connectivity index (χ0) is 19.0. The standard InChI is InChI=1S/C21H18FNO4/c1-13-16-7-4-8-17(22)20(16)27-19(13)21(25)26-12-18(24)23-10-9-14-5-2-3-6-15(14)11-23/h2-8H,9-12H2,1H3. The number of para-hydroxylation sites is 1. The molecule has 0 atom stereocenters. The number of carbonyl (C=O) groups is 2. The third-order valence-corrected chi connectivity index (χ3v) is 4.91. The number of nitrogens with zero attached hydrogens (tertiary/aromatic N) is 1. The second-order valence-electron chi connectivity index (χ2n) is 6.58. The minimum atomic E-state index is -0.770. The fraction of sp³-hybridized carbons (Fsp3) is 0.238. The van der Waals surface area contributed by atoms with Gasteiger partial charge in [-0.25, -0.2) is 9.18 Å². The van der Waals surface area contributed by atoms with E-state index >= 15 is 0 Å². The largest absolute Gasteiger partial charge is 0.450 e. The fourth-order valence-electron chi connectivity index (χ4n) is 3.40. The number of furan rings is 1. The number of aryl methyl sites for hydroxylation is 1. The van der Waals surface area contributed by atoms with Crippen LogP contribution >= 0.6 is 0 Å². The Labute approximate surface area is 155 Å². The normalized spacial score (nSPS) is 13.5. The topological polar surface area (TPSA) is 59.8 Å². The van der Waals surface area contributed by atoms with E-state index in [1.54, 1.807) is 24.0 Å². The van der Waals surface area contributed by atoms with Gasteiger partial charge in [-0.3, -0.25) is 4.79 Å². The summed E-state index contributed by atoms with van der Waals surface area (Å²) in [6.45, 7) is 2.37. The van der Waals surface area contributed by atoms with Gasteiger partial charge in [0, 0.05) is 24.0 Å². The summed E-state index contributed by atoms with van der Waals surface area (Å²) in [5.41, 5.74) is 2.85. The van der Waals surface area contributed by atoms with Gasteiger partial charge in [0.15, 0.2) is 18.0 Å². The molecule has 0 radical (unpaired) electrons. The summed E-state index contributed by atoms with van der Waals surface area (Å²) in [6, 6.07) is 12.5. The van der Waals surface area contributed by atoms with E-state index in [2.05, 4.69) is 6.07 Å². The molecule has 0 saturated heterocycles. The Morgan fingerprint density at radius 1 is 1.15 bits per heavy atom. The summed E-state index contributed by atoms with van der Waals surface area (Å²) in [6.07, 6.45) is 0.776. The van der Waals surface area contributed by atoms with Crippen LogP contribution in [0.1, 0.15) is 27.2 Å². The average molecular weight is 367 g/mol. The molecule has 0 aliphatic carbocycles. The minimum absolute atomic E-state index is 0.0147. The van der Waals surface area contributed by atoms with Gasteiger partial charge in [0.25, 0.3) is 5.91 Å². The van der Waals surface area contributed by atoms with Gasteiger partial charge < -0.3 is 14.1 Å². The lowest BCUT2D eigenvalue weighted by Gasteiger charge is -2.28. The van der Waals surface area contributed by atoms with Gasteiger partial charge in [-0.15, -0.1) is 0 Å². The number of amides is 1. The maximum Gasteiger partial charge on any atom is 0.375 e. The first-order valence-electron chi connectivity index (χ1n) is 8.74. The van der Waals surface area contributed by atoms with Gasteiger partial charge in [0.1, 0.15) is 0 Å². The van der Waals surface area contributed by atoms with Gasteiger partial charge in [0.2, 0.25) is 5.76 Å². The quantitative estimate of drug-likeness (QED) is 0.664. The number of benzene rings is 2. The molecule has 0 saturated carbocycles. The number of hydrogen-bond acceptors (Lipinski definition) is 4. The molecular formula is C21H18FNO4. The highest BCUT2D eigenvalue weighted by Gasteiger charge is 2.24. The predicted molar refractivity (Wildman–Crippen MR) is 96.8 cm³/mol. The van der Waals surface area contributed by atoms with E-state index in [1.165, 1.54) is 11.6 Å². The zero-order valence-corrected chi connectivity index (χ0v) is 14.8. The van der Waals surface area contributed by atoms with Gasteiger partial charge in [-0.1, -0.05) is 36.4 Å². The van der Waals surface area contributed by atoms with E-state index in [1.807, 2.05) is 18.2 Å². The monoisotopic (exact) mass is 367 g/mol. The minimum Gasteiger partial charge on any atom is -0.450 e. The van der Waals surface area contributed by atoms with Crippen LogP contribution in [0.25, 0.3) is 11.0 Å². The van der Waals surface area contributed by atoms with Crippen molar-refractivity contribution in [1.82, 2.24) is 4.90 Å². The smallest absolute Gasteiger partial charge is 0.375 e. The van der Waals surface area contributed by atoms with Crippen LogP contribution in [-0.4, -0.2) is 29.9 Å².